The van der Waals surface area contributed by atoms with Crippen molar-refractivity contribution in [1.82, 2.24) is 15.5 Å². The van der Waals surface area contributed by atoms with Crippen molar-refractivity contribution in [3.8, 4) is 0 Å². The van der Waals surface area contributed by atoms with Gasteiger partial charge in [0, 0.05) is 12.1 Å². The van der Waals surface area contributed by atoms with E-state index in [0.717, 1.165) is 11.8 Å². The molecule has 4 rings (SSSR count). The summed E-state index contributed by atoms with van der Waals surface area (Å²) in [5.41, 5.74) is -10.1. The van der Waals surface area contributed by atoms with Crippen molar-refractivity contribution in [2.75, 3.05) is 6.54 Å². The summed E-state index contributed by atoms with van der Waals surface area (Å²) in [7, 11) is 0.270. The van der Waals surface area contributed by atoms with Crippen LogP contribution in [0, 0.1) is 11.3 Å². The number of aliphatic hydroxyl groups is 7. The molecule has 34 heavy (non-hydrogen) atoms. The van der Waals surface area contributed by atoms with E-state index in [9.17, 15) is 50.1 Å². The lowest BCUT2D eigenvalue weighted by Crippen LogP contribution is -2.89. The van der Waals surface area contributed by atoms with E-state index < -0.39 is 64.0 Å². The number of hydrogen-bond acceptors (Lipinski definition) is 10. The molecule has 0 spiro atoms. The van der Waals surface area contributed by atoms with Crippen molar-refractivity contribution in [2.24, 2.45) is 11.3 Å². The van der Waals surface area contributed by atoms with Gasteiger partial charge in [-0.2, -0.15) is 0 Å². The Bertz CT molecular complexity index is 923. The third-order valence-electron chi connectivity index (χ3n) is 7.37. The number of nitrogens with zero attached hydrogens (tertiary/aromatic N) is 1. The second kappa shape index (κ2) is 7.47. The van der Waals surface area contributed by atoms with Gasteiger partial charge in [0.05, 0.1) is 12.0 Å². The van der Waals surface area contributed by atoms with Crippen LogP contribution in [0.5, 0.6) is 0 Å². The molecular formula is C20H29BN3O10. The van der Waals surface area contributed by atoms with Gasteiger partial charge in [-0.1, -0.05) is 6.92 Å². The third-order valence-corrected chi connectivity index (χ3v) is 7.37. The van der Waals surface area contributed by atoms with E-state index in [-0.39, 0.29) is 25.8 Å². The van der Waals surface area contributed by atoms with Crippen LogP contribution in [0.1, 0.15) is 39.5 Å². The Labute approximate surface area is 195 Å². The predicted octanol–water partition coefficient (Wildman–Crippen LogP) is -4.68. The molecule has 0 aromatic carbocycles. The van der Waals surface area contributed by atoms with Gasteiger partial charge in [0.1, 0.15) is 28.6 Å². The monoisotopic (exact) mass is 482 g/mol. The zero-order valence-electron chi connectivity index (χ0n) is 18.7. The van der Waals surface area contributed by atoms with E-state index in [1.165, 1.54) is 6.08 Å². The first-order valence-electron chi connectivity index (χ1n) is 11.1. The Hall–Kier alpha value is -2.07. The van der Waals surface area contributed by atoms with Gasteiger partial charge in [0.15, 0.2) is 5.79 Å². The highest BCUT2D eigenvalue weighted by atomic mass is 16.6. The Kier molecular flexibility index (Phi) is 5.50. The maximum absolute atomic E-state index is 13.3. The van der Waals surface area contributed by atoms with Crippen LogP contribution in [-0.4, -0.2) is 107 Å². The first-order valence-corrected chi connectivity index (χ1v) is 11.1. The molecule has 0 bridgehead atoms. The van der Waals surface area contributed by atoms with Crippen LogP contribution in [-0.2, 0) is 14.4 Å². The summed E-state index contributed by atoms with van der Waals surface area (Å²) in [6, 6.07) is -1.68. The summed E-state index contributed by atoms with van der Waals surface area (Å²) in [6.07, 6.45) is 3.05. The lowest BCUT2D eigenvalue weighted by molar-refractivity contribution is -0.429. The number of hydrogen-bond donors (Lipinski definition) is 9. The average Bonchev–Trinajstić information content (AvgIpc) is 3.54. The van der Waals surface area contributed by atoms with Gasteiger partial charge in [0.25, 0.3) is 13.2 Å². The molecule has 9 N–H and O–H groups in total. The normalized spacial score (nSPS) is 30.3. The Balaban J connectivity index is 1.45. The van der Waals surface area contributed by atoms with Gasteiger partial charge >= 0.3 is 0 Å². The molecule has 3 atom stereocenters. The van der Waals surface area contributed by atoms with E-state index in [4.69, 9.17) is 0 Å². The second-order valence-electron chi connectivity index (χ2n) is 9.93. The molecule has 4 aliphatic rings. The smallest absolute Gasteiger partial charge is 0.272 e. The highest BCUT2D eigenvalue weighted by molar-refractivity contribution is 6.47. The zero-order chi connectivity index (χ0) is 25.5. The minimum atomic E-state index is -3.12. The Morgan fingerprint density at radius 1 is 1.15 bits per heavy atom. The van der Waals surface area contributed by atoms with Crippen LogP contribution in [0.2, 0.25) is 0 Å². The van der Waals surface area contributed by atoms with Gasteiger partial charge in [0.2, 0.25) is 11.8 Å². The van der Waals surface area contributed by atoms with Crippen LogP contribution < -0.4 is 10.6 Å². The maximum atomic E-state index is 13.3. The molecule has 1 saturated carbocycles. The quantitative estimate of drug-likeness (QED) is 0.125. The number of amides is 3. The third kappa shape index (κ3) is 3.64. The fraction of sp³-hybridized carbons (Fsp3) is 0.750. The largest absolute Gasteiger partial charge is 0.373 e. The van der Waals surface area contributed by atoms with Crippen molar-refractivity contribution in [3.05, 3.63) is 11.6 Å². The molecule has 187 valence electrons. The second-order valence-corrected chi connectivity index (χ2v) is 9.93. The van der Waals surface area contributed by atoms with Gasteiger partial charge in [-0.25, -0.2) is 0 Å². The summed E-state index contributed by atoms with van der Waals surface area (Å²) in [5, 5.41) is 76.5. The molecule has 13 nitrogen and oxygen atoms in total. The van der Waals surface area contributed by atoms with E-state index in [2.05, 4.69) is 10.6 Å². The summed E-state index contributed by atoms with van der Waals surface area (Å²) in [5.74, 6) is -6.88. The zero-order valence-corrected chi connectivity index (χ0v) is 18.7. The van der Waals surface area contributed by atoms with Gasteiger partial charge in [-0.05, 0) is 38.7 Å². The lowest BCUT2D eigenvalue weighted by atomic mass is 9.27. The average molecular weight is 482 g/mol. The Morgan fingerprint density at radius 3 is 2.24 bits per heavy atom. The van der Waals surface area contributed by atoms with Gasteiger partial charge < -0.3 is 51.3 Å². The minimum Gasteiger partial charge on any atom is -0.373 e. The summed E-state index contributed by atoms with van der Waals surface area (Å²) in [6.45, 7) is 1.87. The molecule has 0 aromatic heterocycles. The first-order chi connectivity index (χ1) is 15.5. The molecule has 2 heterocycles. The fourth-order valence-electron chi connectivity index (χ4n) is 5.43. The lowest BCUT2D eigenvalue weighted by Gasteiger charge is -2.66. The van der Waals surface area contributed by atoms with Crippen LogP contribution in [0.4, 0.5) is 0 Å². The summed E-state index contributed by atoms with van der Waals surface area (Å²) < 4.78 is 0. The van der Waals surface area contributed by atoms with Crippen LogP contribution in [0.25, 0.3) is 0 Å². The van der Waals surface area contributed by atoms with Crippen molar-refractivity contribution < 1.29 is 50.1 Å². The molecule has 2 aliphatic carbocycles. The SMILES string of the molecule is CC(C(=O)N1CCCC1C(=O)NC1C=C1C(=O)NC1(O)CC1)C1(C(C)(O)O)C(O)(O)[B]C1(O)O. The molecule has 2 saturated heterocycles. The molecule has 3 unspecified atom stereocenters. The van der Waals surface area contributed by atoms with Crippen LogP contribution >= 0.6 is 0 Å². The molecule has 2 aliphatic heterocycles. The van der Waals surface area contributed by atoms with Gasteiger partial charge in [-0.3, -0.25) is 14.4 Å². The predicted molar refractivity (Wildman–Crippen MR) is 112 cm³/mol. The molecule has 3 amide bonds. The molecule has 3 fully saturated rings. The number of rotatable bonds is 7. The minimum absolute atomic E-state index is 0.0841. The Morgan fingerprint density at radius 2 is 1.74 bits per heavy atom. The van der Waals surface area contributed by atoms with Crippen molar-refractivity contribution >= 4 is 25.0 Å². The molecule has 14 heteroatoms. The molecular weight excluding hydrogens is 453 g/mol. The summed E-state index contributed by atoms with van der Waals surface area (Å²) in [4.78, 5) is 39.4. The van der Waals surface area contributed by atoms with E-state index in [1.807, 2.05) is 0 Å². The fourth-order valence-corrected chi connectivity index (χ4v) is 5.43. The maximum Gasteiger partial charge on any atom is 0.272 e. The number of carbonyl (C=O) groups excluding carboxylic acids is 3. The van der Waals surface area contributed by atoms with Crippen molar-refractivity contribution in [3.63, 3.8) is 0 Å². The van der Waals surface area contributed by atoms with E-state index in [1.54, 1.807) is 0 Å². The number of carbonyl (C=O) groups is 3. The number of likely N-dealkylation sites (tertiary alicyclic amines) is 1. The first kappa shape index (κ1) is 25.0. The van der Waals surface area contributed by atoms with Crippen LogP contribution in [0.15, 0.2) is 11.6 Å². The van der Waals surface area contributed by atoms with E-state index in [0.29, 0.717) is 26.2 Å². The van der Waals surface area contributed by atoms with E-state index >= 15 is 0 Å². The standard InChI is InChI=1S/C20H29BN3O10/c1-9(18(16(2,28)29)19(31,32)21-20(18,33)34)15(27)24-7-3-4-12(24)14(26)22-11-8-10(11)13(25)23-17(30)5-6-17/h8-9,11-12,28-34H,3-7H2,1-2H3,(H,22,26)(H,23,25). The van der Waals surface area contributed by atoms with Crippen molar-refractivity contribution in [2.45, 2.75) is 74.5 Å². The van der Waals surface area contributed by atoms with Crippen LogP contribution in [0.3, 0.4) is 0 Å². The highest BCUT2D eigenvalue weighted by Crippen LogP contribution is 2.60. The number of nitrogens with one attached hydrogen (secondary N) is 2. The topological polar surface area (TPSA) is 220 Å². The molecule has 1 radical (unpaired) electrons. The van der Waals surface area contributed by atoms with Gasteiger partial charge in [-0.15, -0.1) is 0 Å². The van der Waals surface area contributed by atoms with Crippen molar-refractivity contribution in [1.29, 1.82) is 0 Å². The highest BCUT2D eigenvalue weighted by Gasteiger charge is 2.83. The molecule has 0 aromatic rings. The summed E-state index contributed by atoms with van der Waals surface area (Å²) >= 11 is 0.